The van der Waals surface area contributed by atoms with Gasteiger partial charge < -0.3 is 10.2 Å². The second kappa shape index (κ2) is 12.9. The lowest BCUT2D eigenvalue weighted by atomic mass is 10.1. The van der Waals surface area contributed by atoms with E-state index in [1.807, 2.05) is 45.0 Å². The molecule has 2 aromatic carbocycles. The van der Waals surface area contributed by atoms with Crippen LogP contribution in [0.2, 0.25) is 5.02 Å². The Morgan fingerprint density at radius 2 is 1.71 bits per heavy atom. The summed E-state index contributed by atoms with van der Waals surface area (Å²) in [5.74, 6) is -0.679. The fraction of sp³-hybridized carbons (Fsp3) is 0.440. The summed E-state index contributed by atoms with van der Waals surface area (Å²) < 4.78 is 27.0. The zero-order valence-corrected chi connectivity index (χ0v) is 21.8. The molecule has 7 nitrogen and oxygen atoms in total. The maximum Gasteiger partial charge on any atom is 0.243 e. The molecule has 0 aliphatic heterocycles. The number of likely N-dealkylation sites (N-methyl/N-ethyl adjacent to an activating group) is 1. The van der Waals surface area contributed by atoms with E-state index in [0.717, 1.165) is 28.3 Å². The van der Waals surface area contributed by atoms with Crippen molar-refractivity contribution in [2.75, 3.05) is 20.1 Å². The van der Waals surface area contributed by atoms with Gasteiger partial charge in [-0.15, -0.1) is 0 Å². The lowest BCUT2D eigenvalue weighted by molar-refractivity contribution is -0.141. The summed E-state index contributed by atoms with van der Waals surface area (Å²) >= 11 is 5.88. The molecule has 1 N–H and O–H groups in total. The zero-order chi connectivity index (χ0) is 25.3. The molecule has 186 valence electrons. The first-order valence-corrected chi connectivity index (χ1v) is 13.3. The Labute approximate surface area is 208 Å². The van der Waals surface area contributed by atoms with E-state index in [-0.39, 0.29) is 17.3 Å². The molecule has 2 aromatic rings. The molecule has 0 unspecified atom stereocenters. The van der Waals surface area contributed by atoms with Gasteiger partial charge in [0.2, 0.25) is 21.8 Å². The second-order valence-electron chi connectivity index (χ2n) is 8.23. The van der Waals surface area contributed by atoms with Crippen LogP contribution in [0.25, 0.3) is 0 Å². The number of unbranched alkanes of at least 4 members (excludes halogenated alkanes) is 1. The van der Waals surface area contributed by atoms with E-state index in [1.165, 1.54) is 36.2 Å². The third-order valence-electron chi connectivity index (χ3n) is 5.70. The maximum atomic E-state index is 13.5. The van der Waals surface area contributed by atoms with E-state index >= 15 is 0 Å². The van der Waals surface area contributed by atoms with Crippen molar-refractivity contribution in [3.8, 4) is 0 Å². The molecule has 0 saturated carbocycles. The number of hydrogen-bond donors (Lipinski definition) is 1. The van der Waals surface area contributed by atoms with Crippen LogP contribution < -0.4 is 5.32 Å². The lowest BCUT2D eigenvalue weighted by Crippen LogP contribution is -2.51. The molecule has 0 aliphatic rings. The Morgan fingerprint density at radius 1 is 1.06 bits per heavy atom. The number of nitrogens with one attached hydrogen (secondary N) is 1. The first-order valence-electron chi connectivity index (χ1n) is 11.4. The smallest absolute Gasteiger partial charge is 0.243 e. The number of hydrogen-bond acceptors (Lipinski definition) is 4. The predicted octanol–water partition coefficient (Wildman–Crippen LogP) is 3.99. The number of benzene rings is 2. The fourth-order valence-corrected chi connectivity index (χ4v) is 4.80. The van der Waals surface area contributed by atoms with Gasteiger partial charge in [0.15, 0.2) is 0 Å². The van der Waals surface area contributed by atoms with Crippen LogP contribution in [0.5, 0.6) is 0 Å². The van der Waals surface area contributed by atoms with Crippen molar-refractivity contribution in [1.82, 2.24) is 14.5 Å². The average molecular weight is 508 g/mol. The minimum Gasteiger partial charge on any atom is -0.354 e. The molecule has 1 atom stereocenters. The number of sulfonamides is 1. The largest absolute Gasteiger partial charge is 0.354 e. The van der Waals surface area contributed by atoms with Gasteiger partial charge in [-0.2, -0.15) is 4.31 Å². The van der Waals surface area contributed by atoms with Crippen LogP contribution in [0.15, 0.2) is 53.4 Å². The highest BCUT2D eigenvalue weighted by Gasteiger charge is 2.31. The van der Waals surface area contributed by atoms with Gasteiger partial charge in [0, 0.05) is 25.2 Å². The third kappa shape index (κ3) is 7.29. The quantitative estimate of drug-likeness (QED) is 0.440. The molecule has 0 aliphatic carbocycles. The summed E-state index contributed by atoms with van der Waals surface area (Å²) in [5.41, 5.74) is 1.89. The molecule has 0 spiro atoms. The monoisotopic (exact) mass is 507 g/mol. The summed E-state index contributed by atoms with van der Waals surface area (Å²) in [6.07, 6.45) is 2.19. The summed E-state index contributed by atoms with van der Waals surface area (Å²) in [4.78, 5) is 27.9. The van der Waals surface area contributed by atoms with Crippen LogP contribution >= 0.6 is 11.6 Å². The van der Waals surface area contributed by atoms with Crippen molar-refractivity contribution in [2.45, 2.75) is 57.5 Å². The normalized spacial score (nSPS) is 12.4. The highest BCUT2D eigenvalue weighted by atomic mass is 35.5. The molecule has 2 amide bonds. The summed E-state index contributed by atoms with van der Waals surface area (Å²) in [7, 11) is -2.55. The summed E-state index contributed by atoms with van der Waals surface area (Å²) in [5, 5.41) is 3.33. The van der Waals surface area contributed by atoms with Crippen LogP contribution in [0, 0.1) is 6.92 Å². The van der Waals surface area contributed by atoms with Crippen molar-refractivity contribution < 1.29 is 18.0 Å². The standard InChI is InChI=1S/C25H34ClN3O4S/c1-5-7-16-27-25(31)23(6-2)29(17-20-11-9-8-10-19(20)3)24(30)18-28(4)34(32,33)22-14-12-21(26)13-15-22/h8-15,23H,5-7,16-18H2,1-4H3,(H,27,31)/t23-/m1/s1. The van der Waals surface area contributed by atoms with E-state index in [9.17, 15) is 18.0 Å². The van der Waals surface area contributed by atoms with Crippen molar-refractivity contribution in [3.05, 3.63) is 64.7 Å². The predicted molar refractivity (Wildman–Crippen MR) is 135 cm³/mol. The second-order valence-corrected chi connectivity index (χ2v) is 10.7. The SMILES string of the molecule is CCCCNC(=O)[C@@H](CC)N(Cc1ccccc1C)C(=O)CN(C)S(=O)(=O)c1ccc(Cl)cc1. The Balaban J connectivity index is 2.30. The molecular formula is C25H34ClN3O4S. The number of rotatable bonds is 12. The van der Waals surface area contributed by atoms with E-state index < -0.39 is 28.5 Å². The van der Waals surface area contributed by atoms with Crippen LogP contribution in [-0.2, 0) is 26.2 Å². The molecule has 0 fully saturated rings. The Hall–Kier alpha value is -2.42. The number of aryl methyl sites for hydroxylation is 1. The molecule has 0 saturated heterocycles. The van der Waals surface area contributed by atoms with Crippen molar-refractivity contribution in [2.24, 2.45) is 0 Å². The maximum absolute atomic E-state index is 13.5. The number of nitrogens with zero attached hydrogens (tertiary/aromatic N) is 2. The van der Waals surface area contributed by atoms with Gasteiger partial charge in [-0.25, -0.2) is 8.42 Å². The van der Waals surface area contributed by atoms with Crippen LogP contribution in [0.4, 0.5) is 0 Å². The Kier molecular flexibility index (Phi) is 10.5. The number of halogens is 1. The van der Waals surface area contributed by atoms with Crippen molar-refractivity contribution in [1.29, 1.82) is 0 Å². The average Bonchev–Trinajstić information content (AvgIpc) is 2.80. The third-order valence-corrected chi connectivity index (χ3v) is 7.77. The first kappa shape index (κ1) is 27.8. The lowest BCUT2D eigenvalue weighted by Gasteiger charge is -2.32. The van der Waals surface area contributed by atoms with E-state index in [1.54, 1.807) is 0 Å². The molecule has 2 rings (SSSR count). The van der Waals surface area contributed by atoms with Crippen LogP contribution in [-0.4, -0.2) is 55.6 Å². The molecule has 0 heterocycles. The van der Waals surface area contributed by atoms with Gasteiger partial charge >= 0.3 is 0 Å². The van der Waals surface area contributed by atoms with Gasteiger partial charge in [0.05, 0.1) is 11.4 Å². The van der Waals surface area contributed by atoms with E-state index in [2.05, 4.69) is 5.32 Å². The minimum absolute atomic E-state index is 0.0435. The molecular weight excluding hydrogens is 474 g/mol. The van der Waals surface area contributed by atoms with Crippen LogP contribution in [0.1, 0.15) is 44.2 Å². The van der Waals surface area contributed by atoms with E-state index in [0.29, 0.717) is 18.0 Å². The van der Waals surface area contributed by atoms with Crippen molar-refractivity contribution >= 4 is 33.4 Å². The summed E-state index contributed by atoms with van der Waals surface area (Å²) in [6.45, 7) is 6.17. The molecule has 9 heteroatoms. The molecule has 0 aromatic heterocycles. The van der Waals surface area contributed by atoms with Gasteiger partial charge in [-0.3, -0.25) is 9.59 Å². The van der Waals surface area contributed by atoms with Crippen LogP contribution in [0.3, 0.4) is 0 Å². The highest BCUT2D eigenvalue weighted by molar-refractivity contribution is 7.89. The molecule has 0 bridgehead atoms. The Morgan fingerprint density at radius 3 is 2.29 bits per heavy atom. The van der Waals surface area contributed by atoms with Gasteiger partial charge in [0.25, 0.3) is 0 Å². The zero-order valence-electron chi connectivity index (χ0n) is 20.3. The summed E-state index contributed by atoms with van der Waals surface area (Å²) in [6, 6.07) is 12.7. The molecule has 34 heavy (non-hydrogen) atoms. The van der Waals surface area contributed by atoms with Gasteiger partial charge in [-0.05, 0) is 55.2 Å². The van der Waals surface area contributed by atoms with Gasteiger partial charge in [-0.1, -0.05) is 56.1 Å². The Bertz CT molecular complexity index is 1070. The molecule has 0 radical (unpaired) electrons. The number of amides is 2. The number of carbonyl (C=O) groups is 2. The minimum atomic E-state index is -3.91. The van der Waals surface area contributed by atoms with Crippen molar-refractivity contribution in [3.63, 3.8) is 0 Å². The van der Waals surface area contributed by atoms with Gasteiger partial charge in [0.1, 0.15) is 6.04 Å². The fourth-order valence-electron chi connectivity index (χ4n) is 3.55. The number of carbonyl (C=O) groups excluding carboxylic acids is 2. The topological polar surface area (TPSA) is 86.8 Å². The first-order chi connectivity index (χ1) is 16.1. The van der Waals surface area contributed by atoms with E-state index in [4.69, 9.17) is 11.6 Å². The highest BCUT2D eigenvalue weighted by Crippen LogP contribution is 2.19.